The highest BCUT2D eigenvalue weighted by atomic mass is 79.9. The lowest BCUT2D eigenvalue weighted by Gasteiger charge is -2.09. The SMILES string of the molecule is CCC(Sc1ncc(Br)cc1Cl)C(=O)O. The molecule has 0 saturated carbocycles. The molecule has 0 aliphatic carbocycles. The summed E-state index contributed by atoms with van der Waals surface area (Å²) in [6, 6.07) is 1.70. The number of rotatable bonds is 4. The van der Waals surface area contributed by atoms with Crippen molar-refractivity contribution in [2.24, 2.45) is 0 Å². The van der Waals surface area contributed by atoms with Gasteiger partial charge in [-0.2, -0.15) is 0 Å². The average Bonchev–Trinajstić information content (AvgIpc) is 2.16. The van der Waals surface area contributed by atoms with Crippen molar-refractivity contribution < 1.29 is 9.90 Å². The summed E-state index contributed by atoms with van der Waals surface area (Å²) in [6.45, 7) is 1.82. The van der Waals surface area contributed by atoms with Crippen LogP contribution in [-0.4, -0.2) is 21.3 Å². The molecule has 1 atom stereocenters. The van der Waals surface area contributed by atoms with Crippen molar-refractivity contribution in [2.75, 3.05) is 0 Å². The molecule has 1 aromatic rings. The highest BCUT2D eigenvalue weighted by Gasteiger charge is 2.18. The highest BCUT2D eigenvalue weighted by Crippen LogP contribution is 2.31. The number of nitrogens with zero attached hydrogens (tertiary/aromatic N) is 1. The lowest BCUT2D eigenvalue weighted by Crippen LogP contribution is -2.15. The number of carboxylic acid groups (broad SMARTS) is 1. The van der Waals surface area contributed by atoms with E-state index in [1.54, 1.807) is 12.3 Å². The fraction of sp³-hybridized carbons (Fsp3) is 0.333. The second kappa shape index (κ2) is 5.72. The molecule has 0 radical (unpaired) electrons. The van der Waals surface area contributed by atoms with Gasteiger partial charge < -0.3 is 5.11 Å². The molecule has 0 saturated heterocycles. The molecule has 1 rings (SSSR count). The van der Waals surface area contributed by atoms with Gasteiger partial charge in [0.25, 0.3) is 0 Å². The maximum absolute atomic E-state index is 10.8. The standard InChI is InChI=1S/C9H9BrClNO2S/c1-2-7(9(13)14)15-8-6(11)3-5(10)4-12-8/h3-4,7H,2H2,1H3,(H,13,14). The third-order valence-corrected chi connectivity index (χ3v) is 3.88. The van der Waals surface area contributed by atoms with Crippen molar-refractivity contribution in [3.8, 4) is 0 Å². The lowest BCUT2D eigenvalue weighted by atomic mass is 10.3. The minimum absolute atomic E-state index is 0.467. The number of thioether (sulfide) groups is 1. The van der Waals surface area contributed by atoms with Crippen molar-refractivity contribution in [2.45, 2.75) is 23.6 Å². The zero-order valence-electron chi connectivity index (χ0n) is 7.91. The molecule has 0 aliphatic rings. The normalized spacial score (nSPS) is 12.5. The van der Waals surface area contributed by atoms with E-state index in [-0.39, 0.29) is 0 Å². The van der Waals surface area contributed by atoms with E-state index in [1.807, 2.05) is 6.92 Å². The van der Waals surface area contributed by atoms with Crippen LogP contribution in [0.1, 0.15) is 13.3 Å². The summed E-state index contributed by atoms with van der Waals surface area (Å²) in [6.07, 6.45) is 2.14. The van der Waals surface area contributed by atoms with Crippen LogP contribution in [0.3, 0.4) is 0 Å². The van der Waals surface area contributed by atoms with E-state index >= 15 is 0 Å². The molecule has 0 fully saturated rings. The van der Waals surface area contributed by atoms with Crippen molar-refractivity contribution >= 4 is 45.3 Å². The van der Waals surface area contributed by atoms with Gasteiger partial charge in [0.15, 0.2) is 0 Å². The van der Waals surface area contributed by atoms with E-state index in [1.165, 1.54) is 11.8 Å². The predicted molar refractivity (Wildman–Crippen MR) is 64.5 cm³/mol. The first-order valence-corrected chi connectivity index (χ1v) is 6.30. The van der Waals surface area contributed by atoms with Crippen LogP contribution in [0.5, 0.6) is 0 Å². The minimum atomic E-state index is -0.844. The second-order valence-corrected chi connectivity index (χ2v) is 5.31. The summed E-state index contributed by atoms with van der Waals surface area (Å²) in [5, 5.41) is 9.39. The first-order chi connectivity index (χ1) is 7.04. The molecule has 0 bridgehead atoms. The summed E-state index contributed by atoms with van der Waals surface area (Å²) in [4.78, 5) is 14.9. The number of halogens is 2. The van der Waals surface area contributed by atoms with Crippen molar-refractivity contribution in [1.29, 1.82) is 0 Å². The number of pyridine rings is 1. The monoisotopic (exact) mass is 309 g/mol. The Kier molecular flexibility index (Phi) is 4.89. The lowest BCUT2D eigenvalue weighted by molar-refractivity contribution is -0.136. The van der Waals surface area contributed by atoms with Gasteiger partial charge in [-0.05, 0) is 28.4 Å². The number of hydrogen-bond acceptors (Lipinski definition) is 3. The minimum Gasteiger partial charge on any atom is -0.480 e. The van der Waals surface area contributed by atoms with Crippen LogP contribution in [0.2, 0.25) is 5.02 Å². The molecular weight excluding hydrogens is 302 g/mol. The molecule has 6 heteroatoms. The Hall–Kier alpha value is -0.260. The van der Waals surface area contributed by atoms with E-state index in [0.29, 0.717) is 16.5 Å². The van der Waals surface area contributed by atoms with Gasteiger partial charge >= 0.3 is 5.97 Å². The van der Waals surface area contributed by atoms with Crippen LogP contribution in [0.15, 0.2) is 21.8 Å². The summed E-state index contributed by atoms with van der Waals surface area (Å²) in [7, 11) is 0. The van der Waals surface area contributed by atoms with Crippen LogP contribution >= 0.6 is 39.3 Å². The zero-order valence-corrected chi connectivity index (χ0v) is 11.1. The van der Waals surface area contributed by atoms with Gasteiger partial charge in [-0.3, -0.25) is 4.79 Å². The Labute approximate surface area is 105 Å². The Morgan fingerprint density at radius 3 is 2.93 bits per heavy atom. The van der Waals surface area contributed by atoms with E-state index in [2.05, 4.69) is 20.9 Å². The Morgan fingerprint density at radius 2 is 2.47 bits per heavy atom. The van der Waals surface area contributed by atoms with Gasteiger partial charge in [-0.25, -0.2) is 4.98 Å². The smallest absolute Gasteiger partial charge is 0.317 e. The summed E-state index contributed by atoms with van der Waals surface area (Å²) >= 11 is 10.3. The summed E-state index contributed by atoms with van der Waals surface area (Å²) in [5.74, 6) is -0.844. The van der Waals surface area contributed by atoms with Gasteiger partial charge in [-0.15, -0.1) is 0 Å². The van der Waals surface area contributed by atoms with Gasteiger partial charge in [0, 0.05) is 10.7 Å². The summed E-state index contributed by atoms with van der Waals surface area (Å²) in [5.41, 5.74) is 0. The van der Waals surface area contributed by atoms with Gasteiger partial charge in [0.1, 0.15) is 10.3 Å². The maximum atomic E-state index is 10.8. The van der Waals surface area contributed by atoms with Crippen LogP contribution in [0.25, 0.3) is 0 Å². The number of aromatic nitrogens is 1. The van der Waals surface area contributed by atoms with Gasteiger partial charge in [0.2, 0.25) is 0 Å². The zero-order chi connectivity index (χ0) is 11.4. The number of hydrogen-bond donors (Lipinski definition) is 1. The Morgan fingerprint density at radius 1 is 1.80 bits per heavy atom. The molecule has 3 nitrogen and oxygen atoms in total. The second-order valence-electron chi connectivity index (χ2n) is 2.79. The third-order valence-electron chi connectivity index (χ3n) is 1.67. The highest BCUT2D eigenvalue weighted by molar-refractivity contribution is 9.10. The molecule has 15 heavy (non-hydrogen) atoms. The number of carboxylic acids is 1. The molecular formula is C9H9BrClNO2S. The maximum Gasteiger partial charge on any atom is 0.317 e. The largest absolute Gasteiger partial charge is 0.480 e. The van der Waals surface area contributed by atoms with E-state index < -0.39 is 11.2 Å². The first kappa shape index (κ1) is 12.8. The van der Waals surface area contributed by atoms with E-state index in [4.69, 9.17) is 16.7 Å². The Bertz CT molecular complexity index is 375. The van der Waals surface area contributed by atoms with Crippen LogP contribution < -0.4 is 0 Å². The van der Waals surface area contributed by atoms with Gasteiger partial charge in [0.05, 0.1) is 5.02 Å². The third kappa shape index (κ3) is 3.66. The number of carbonyl (C=O) groups is 1. The number of aliphatic carboxylic acids is 1. The molecule has 0 aliphatic heterocycles. The molecule has 82 valence electrons. The molecule has 1 heterocycles. The van der Waals surface area contributed by atoms with Crippen LogP contribution in [-0.2, 0) is 4.79 Å². The Balaban J connectivity index is 2.84. The van der Waals surface area contributed by atoms with Crippen LogP contribution in [0, 0.1) is 0 Å². The average molecular weight is 311 g/mol. The first-order valence-electron chi connectivity index (χ1n) is 4.25. The molecule has 0 aromatic carbocycles. The van der Waals surface area contributed by atoms with Crippen molar-refractivity contribution in [3.05, 3.63) is 21.8 Å². The topological polar surface area (TPSA) is 50.2 Å². The predicted octanol–water partition coefficient (Wildman–Crippen LogP) is 3.45. The van der Waals surface area contributed by atoms with Crippen LogP contribution in [0.4, 0.5) is 0 Å². The molecule has 1 N–H and O–H groups in total. The van der Waals surface area contributed by atoms with Crippen molar-refractivity contribution in [3.63, 3.8) is 0 Å². The fourth-order valence-electron chi connectivity index (χ4n) is 0.932. The molecule has 0 spiro atoms. The molecule has 1 aromatic heterocycles. The molecule has 0 amide bonds. The van der Waals surface area contributed by atoms with E-state index in [9.17, 15) is 4.79 Å². The van der Waals surface area contributed by atoms with Gasteiger partial charge in [-0.1, -0.05) is 30.3 Å². The summed E-state index contributed by atoms with van der Waals surface area (Å²) < 4.78 is 0.778. The van der Waals surface area contributed by atoms with Crippen molar-refractivity contribution in [1.82, 2.24) is 4.98 Å². The quantitative estimate of drug-likeness (QED) is 0.865. The van der Waals surface area contributed by atoms with E-state index in [0.717, 1.165) is 4.47 Å². The fourth-order valence-corrected chi connectivity index (χ4v) is 2.52. The molecule has 1 unspecified atom stereocenters.